The Hall–Kier alpha value is -1.79. The van der Waals surface area contributed by atoms with Crippen LogP contribution in [0.5, 0.6) is 0 Å². The number of pyridine rings is 1. The molecule has 0 aliphatic carbocycles. The summed E-state index contributed by atoms with van der Waals surface area (Å²) in [6.07, 6.45) is 4.20. The van der Waals surface area contributed by atoms with Crippen molar-refractivity contribution in [3.63, 3.8) is 0 Å². The first-order chi connectivity index (χ1) is 11.6. The molecule has 1 aromatic heterocycles. The molecule has 1 amide bonds. The second kappa shape index (κ2) is 7.85. The maximum Gasteiger partial charge on any atom is 0.255 e. The van der Waals surface area contributed by atoms with E-state index in [1.807, 2.05) is 17.0 Å². The van der Waals surface area contributed by atoms with Crippen LogP contribution in [0.25, 0.3) is 0 Å². The molecule has 0 unspecified atom stereocenters. The zero-order valence-corrected chi connectivity index (χ0v) is 14.9. The van der Waals surface area contributed by atoms with Gasteiger partial charge >= 0.3 is 0 Å². The van der Waals surface area contributed by atoms with Crippen LogP contribution in [-0.4, -0.2) is 46.9 Å². The van der Waals surface area contributed by atoms with Crippen molar-refractivity contribution in [1.29, 1.82) is 0 Å². The van der Waals surface area contributed by atoms with E-state index >= 15 is 0 Å². The zero-order valence-electron chi connectivity index (χ0n) is 13.3. The fourth-order valence-corrected chi connectivity index (χ4v) is 3.26. The van der Waals surface area contributed by atoms with Crippen molar-refractivity contribution in [3.8, 4) is 0 Å². The smallest absolute Gasteiger partial charge is 0.255 e. The number of aromatic nitrogens is 1. The highest BCUT2D eigenvalue weighted by Crippen LogP contribution is 2.14. The van der Waals surface area contributed by atoms with Gasteiger partial charge in [0.1, 0.15) is 5.82 Å². The molecule has 0 spiro atoms. The number of amides is 1. The van der Waals surface area contributed by atoms with Gasteiger partial charge < -0.3 is 4.90 Å². The van der Waals surface area contributed by atoms with E-state index in [-0.39, 0.29) is 11.7 Å². The molecule has 1 aromatic carbocycles. The Morgan fingerprint density at radius 3 is 2.67 bits per heavy atom. The van der Waals surface area contributed by atoms with Gasteiger partial charge in [-0.3, -0.25) is 14.7 Å². The molecule has 1 fully saturated rings. The first-order valence-corrected chi connectivity index (χ1v) is 8.78. The molecule has 1 saturated heterocycles. The van der Waals surface area contributed by atoms with E-state index in [1.165, 1.54) is 12.1 Å². The molecule has 24 heavy (non-hydrogen) atoms. The topological polar surface area (TPSA) is 36.4 Å². The van der Waals surface area contributed by atoms with E-state index < -0.39 is 0 Å². The van der Waals surface area contributed by atoms with Gasteiger partial charge in [0, 0.05) is 49.6 Å². The summed E-state index contributed by atoms with van der Waals surface area (Å²) < 4.78 is 13.8. The van der Waals surface area contributed by atoms with E-state index in [0.717, 1.165) is 42.6 Å². The quantitative estimate of drug-likeness (QED) is 0.804. The maximum atomic E-state index is 13.0. The number of benzene rings is 1. The Bertz CT molecular complexity index is 708. The SMILES string of the molecule is O=C(c1cncc(Br)c1)N1CCCN(Cc2ccc(F)cc2)CC1. The van der Waals surface area contributed by atoms with Crippen LogP contribution in [0.15, 0.2) is 47.2 Å². The van der Waals surface area contributed by atoms with E-state index in [1.54, 1.807) is 18.5 Å². The maximum absolute atomic E-state index is 13.0. The highest BCUT2D eigenvalue weighted by Gasteiger charge is 2.20. The fraction of sp³-hybridized carbons (Fsp3) is 0.333. The Kier molecular flexibility index (Phi) is 5.58. The van der Waals surface area contributed by atoms with Crippen LogP contribution >= 0.6 is 15.9 Å². The van der Waals surface area contributed by atoms with Crippen LogP contribution in [-0.2, 0) is 6.54 Å². The monoisotopic (exact) mass is 391 g/mol. The molecular weight excluding hydrogens is 373 g/mol. The van der Waals surface area contributed by atoms with E-state index in [9.17, 15) is 9.18 Å². The van der Waals surface area contributed by atoms with Crippen molar-refractivity contribution >= 4 is 21.8 Å². The molecule has 0 N–H and O–H groups in total. The van der Waals surface area contributed by atoms with Gasteiger partial charge in [-0.05, 0) is 46.1 Å². The summed E-state index contributed by atoms with van der Waals surface area (Å²) in [5.74, 6) is -0.193. The summed E-state index contributed by atoms with van der Waals surface area (Å²) in [6, 6.07) is 8.41. The molecule has 0 radical (unpaired) electrons. The molecule has 0 saturated carbocycles. The summed E-state index contributed by atoms with van der Waals surface area (Å²) in [6.45, 7) is 3.95. The Labute approximate surface area is 149 Å². The van der Waals surface area contributed by atoms with Gasteiger partial charge in [0.05, 0.1) is 5.56 Å². The number of carbonyl (C=O) groups excluding carboxylic acids is 1. The third-order valence-electron chi connectivity index (χ3n) is 4.15. The van der Waals surface area contributed by atoms with Crippen LogP contribution in [0, 0.1) is 5.82 Å². The Morgan fingerprint density at radius 2 is 1.92 bits per heavy atom. The van der Waals surface area contributed by atoms with Crippen molar-refractivity contribution < 1.29 is 9.18 Å². The number of carbonyl (C=O) groups is 1. The number of halogens is 2. The molecule has 0 atom stereocenters. The van der Waals surface area contributed by atoms with Gasteiger partial charge in [-0.15, -0.1) is 0 Å². The molecule has 1 aliphatic rings. The normalized spacial score (nSPS) is 16.0. The molecule has 2 aromatic rings. The van der Waals surface area contributed by atoms with Crippen LogP contribution in [0.3, 0.4) is 0 Å². The van der Waals surface area contributed by atoms with Crippen LogP contribution < -0.4 is 0 Å². The summed E-state index contributed by atoms with van der Waals surface area (Å²) in [4.78, 5) is 20.9. The molecule has 2 heterocycles. The van der Waals surface area contributed by atoms with Crippen LogP contribution in [0.2, 0.25) is 0 Å². The highest BCUT2D eigenvalue weighted by atomic mass is 79.9. The summed E-state index contributed by atoms with van der Waals surface area (Å²) >= 11 is 3.35. The van der Waals surface area contributed by atoms with E-state index in [4.69, 9.17) is 0 Å². The van der Waals surface area contributed by atoms with E-state index in [0.29, 0.717) is 12.1 Å². The molecule has 126 valence electrons. The lowest BCUT2D eigenvalue weighted by molar-refractivity contribution is 0.0760. The minimum atomic E-state index is -0.214. The zero-order chi connectivity index (χ0) is 16.9. The van der Waals surface area contributed by atoms with Crippen molar-refractivity contribution in [1.82, 2.24) is 14.8 Å². The number of rotatable bonds is 3. The van der Waals surface area contributed by atoms with Crippen molar-refractivity contribution in [2.24, 2.45) is 0 Å². The van der Waals surface area contributed by atoms with Crippen LogP contribution in [0.1, 0.15) is 22.3 Å². The molecule has 0 bridgehead atoms. The van der Waals surface area contributed by atoms with Gasteiger partial charge in [0.25, 0.3) is 5.91 Å². The minimum Gasteiger partial charge on any atom is -0.337 e. The number of hydrogen-bond donors (Lipinski definition) is 0. The predicted molar refractivity (Wildman–Crippen MR) is 94.1 cm³/mol. The lowest BCUT2D eigenvalue weighted by Crippen LogP contribution is -2.35. The first kappa shape index (κ1) is 17.0. The molecule has 3 rings (SSSR count). The molecule has 6 heteroatoms. The third-order valence-corrected chi connectivity index (χ3v) is 4.58. The minimum absolute atomic E-state index is 0.0208. The van der Waals surface area contributed by atoms with Crippen molar-refractivity contribution in [3.05, 3.63) is 64.1 Å². The second-order valence-electron chi connectivity index (χ2n) is 5.94. The van der Waals surface area contributed by atoms with Gasteiger partial charge in [0.2, 0.25) is 0 Å². The molecule has 1 aliphatic heterocycles. The van der Waals surface area contributed by atoms with Crippen molar-refractivity contribution in [2.45, 2.75) is 13.0 Å². The summed E-state index contributed by atoms with van der Waals surface area (Å²) in [5, 5.41) is 0. The van der Waals surface area contributed by atoms with Gasteiger partial charge in [-0.25, -0.2) is 4.39 Å². The lowest BCUT2D eigenvalue weighted by atomic mass is 10.2. The average molecular weight is 392 g/mol. The van der Waals surface area contributed by atoms with Gasteiger partial charge in [-0.1, -0.05) is 12.1 Å². The van der Waals surface area contributed by atoms with Crippen molar-refractivity contribution in [2.75, 3.05) is 26.2 Å². The third kappa shape index (κ3) is 4.39. The lowest BCUT2D eigenvalue weighted by Gasteiger charge is -2.22. The number of hydrogen-bond acceptors (Lipinski definition) is 3. The molecule has 4 nitrogen and oxygen atoms in total. The average Bonchev–Trinajstić information content (AvgIpc) is 2.82. The van der Waals surface area contributed by atoms with Crippen LogP contribution in [0.4, 0.5) is 4.39 Å². The number of nitrogens with zero attached hydrogens (tertiary/aromatic N) is 3. The standard InChI is InChI=1S/C18H19BrFN3O/c19-16-10-15(11-21-12-16)18(24)23-7-1-6-22(8-9-23)13-14-2-4-17(20)5-3-14/h2-5,10-12H,1,6-9,13H2. The van der Waals surface area contributed by atoms with Gasteiger partial charge in [-0.2, -0.15) is 0 Å². The van der Waals surface area contributed by atoms with E-state index in [2.05, 4.69) is 25.8 Å². The fourth-order valence-electron chi connectivity index (χ4n) is 2.89. The first-order valence-electron chi connectivity index (χ1n) is 7.98. The second-order valence-corrected chi connectivity index (χ2v) is 6.86. The highest BCUT2D eigenvalue weighted by molar-refractivity contribution is 9.10. The summed E-state index contributed by atoms with van der Waals surface area (Å²) in [7, 11) is 0. The predicted octanol–water partition coefficient (Wildman–Crippen LogP) is 3.33. The van der Waals surface area contributed by atoms with Gasteiger partial charge in [0.15, 0.2) is 0 Å². The Morgan fingerprint density at radius 1 is 1.12 bits per heavy atom. The Balaban J connectivity index is 1.60. The largest absolute Gasteiger partial charge is 0.337 e. The molecular formula is C18H19BrFN3O. The summed E-state index contributed by atoms with van der Waals surface area (Å²) in [5.41, 5.74) is 1.70.